The van der Waals surface area contributed by atoms with Crippen molar-refractivity contribution in [1.29, 1.82) is 5.26 Å². The second-order valence-electron chi connectivity index (χ2n) is 11.1. The quantitative estimate of drug-likeness (QED) is 0.459. The molecule has 1 fully saturated rings. The van der Waals surface area contributed by atoms with Crippen LogP contribution < -0.4 is 20.7 Å². The van der Waals surface area contributed by atoms with E-state index in [4.69, 9.17) is 4.74 Å². The van der Waals surface area contributed by atoms with E-state index >= 15 is 0 Å². The molecule has 2 heterocycles. The van der Waals surface area contributed by atoms with Crippen LogP contribution in [-0.4, -0.2) is 47.4 Å². The Balaban J connectivity index is 1.74. The first-order valence-corrected chi connectivity index (χ1v) is 11.8. The minimum atomic E-state index is -0.861. The van der Waals surface area contributed by atoms with Crippen LogP contribution in [0.4, 0.5) is 0 Å². The van der Waals surface area contributed by atoms with Crippen LogP contribution in [0.25, 0.3) is 10.9 Å². The lowest BCUT2D eigenvalue weighted by Gasteiger charge is -2.27. The zero-order valence-corrected chi connectivity index (χ0v) is 21.2. The van der Waals surface area contributed by atoms with Crippen molar-refractivity contribution >= 4 is 28.6 Å². The normalized spacial score (nSPS) is 18.9. The van der Waals surface area contributed by atoms with Crippen molar-refractivity contribution in [2.75, 3.05) is 7.11 Å². The van der Waals surface area contributed by atoms with Gasteiger partial charge in [-0.1, -0.05) is 26.8 Å². The van der Waals surface area contributed by atoms with E-state index in [1.165, 1.54) is 0 Å². The summed E-state index contributed by atoms with van der Waals surface area (Å²) in [5.74, 6) is -0.716. The second-order valence-corrected chi connectivity index (χ2v) is 11.1. The molecule has 1 saturated heterocycles. The maximum absolute atomic E-state index is 13.2. The van der Waals surface area contributed by atoms with E-state index in [1.54, 1.807) is 13.2 Å². The first-order valence-electron chi connectivity index (χ1n) is 11.8. The molecule has 0 unspecified atom stereocenters. The lowest BCUT2D eigenvalue weighted by molar-refractivity contribution is -0.125. The van der Waals surface area contributed by atoms with Gasteiger partial charge in [-0.05, 0) is 56.7 Å². The van der Waals surface area contributed by atoms with Gasteiger partial charge in [0.05, 0.1) is 13.2 Å². The Labute approximate surface area is 206 Å². The number of hydrogen-bond donors (Lipinski definition) is 4. The molecule has 3 atom stereocenters. The van der Waals surface area contributed by atoms with Gasteiger partial charge in [-0.2, -0.15) is 5.26 Å². The molecule has 1 aromatic heterocycles. The molecular formula is C26H35N5O4. The summed E-state index contributed by atoms with van der Waals surface area (Å²) in [6.45, 7) is 9.78. The number of benzene rings is 1. The van der Waals surface area contributed by atoms with Gasteiger partial charge < -0.3 is 25.7 Å². The molecular weight excluding hydrogens is 446 g/mol. The van der Waals surface area contributed by atoms with Crippen LogP contribution in [0.2, 0.25) is 0 Å². The molecule has 3 amide bonds. The van der Waals surface area contributed by atoms with Crippen molar-refractivity contribution in [2.45, 2.75) is 71.5 Å². The van der Waals surface area contributed by atoms with Crippen molar-refractivity contribution in [3.8, 4) is 11.8 Å². The van der Waals surface area contributed by atoms with Gasteiger partial charge in [0.1, 0.15) is 23.5 Å². The molecule has 9 heteroatoms. The van der Waals surface area contributed by atoms with Gasteiger partial charge in [-0.25, -0.2) is 0 Å². The summed E-state index contributed by atoms with van der Waals surface area (Å²) in [6.07, 6.45) is 1.17. The van der Waals surface area contributed by atoms with E-state index in [1.807, 2.05) is 52.8 Å². The Hall–Kier alpha value is -3.54. The third kappa shape index (κ3) is 6.53. The number of nitrogens with zero attached hydrogens (tertiary/aromatic N) is 1. The van der Waals surface area contributed by atoms with Crippen LogP contribution in [0, 0.1) is 22.7 Å². The van der Waals surface area contributed by atoms with Gasteiger partial charge in [0, 0.05) is 22.4 Å². The number of carbonyl (C=O) groups is 3. The predicted octanol–water partition coefficient (Wildman–Crippen LogP) is 3.02. The highest BCUT2D eigenvalue weighted by Crippen LogP contribution is 2.28. The minimum absolute atomic E-state index is 0.113. The summed E-state index contributed by atoms with van der Waals surface area (Å²) in [5, 5.41) is 18.9. The Bertz CT molecular complexity index is 1150. The number of fused-ring (bicyclic) bond motifs is 1. The van der Waals surface area contributed by atoms with E-state index in [2.05, 4.69) is 27.0 Å². The third-order valence-electron chi connectivity index (χ3n) is 6.11. The van der Waals surface area contributed by atoms with Crippen LogP contribution in [0.3, 0.4) is 0 Å². The first kappa shape index (κ1) is 26.1. The summed E-state index contributed by atoms with van der Waals surface area (Å²) in [4.78, 5) is 41.6. The number of methoxy groups -OCH3 is 1. The van der Waals surface area contributed by atoms with E-state index in [9.17, 15) is 19.6 Å². The molecule has 2 aromatic rings. The molecule has 9 nitrogen and oxygen atoms in total. The van der Waals surface area contributed by atoms with Crippen molar-refractivity contribution in [1.82, 2.24) is 20.9 Å². The topological polar surface area (TPSA) is 136 Å². The predicted molar refractivity (Wildman–Crippen MR) is 133 cm³/mol. The number of aromatic amines is 1. The van der Waals surface area contributed by atoms with Gasteiger partial charge in [-0.3, -0.25) is 14.4 Å². The van der Waals surface area contributed by atoms with Crippen LogP contribution in [0.1, 0.15) is 64.4 Å². The molecule has 35 heavy (non-hydrogen) atoms. The zero-order chi connectivity index (χ0) is 26.0. The smallest absolute Gasteiger partial charge is 0.268 e. The molecule has 188 valence electrons. The minimum Gasteiger partial charge on any atom is -0.496 e. The lowest BCUT2D eigenvalue weighted by atomic mass is 9.87. The molecule has 0 spiro atoms. The largest absolute Gasteiger partial charge is 0.496 e. The van der Waals surface area contributed by atoms with E-state index < -0.39 is 23.9 Å². The van der Waals surface area contributed by atoms with E-state index in [0.29, 0.717) is 24.3 Å². The number of aromatic nitrogens is 1. The summed E-state index contributed by atoms with van der Waals surface area (Å²) in [5.41, 5.74) is 0.444. The first-order chi connectivity index (χ1) is 16.3. The average molecular weight is 482 g/mol. The number of H-pyrrole nitrogens is 1. The molecule has 0 saturated carbocycles. The molecule has 0 aliphatic carbocycles. The van der Waals surface area contributed by atoms with Gasteiger partial charge in [0.25, 0.3) is 5.91 Å². The molecule has 1 aliphatic heterocycles. The molecule has 1 aromatic carbocycles. The highest BCUT2D eigenvalue weighted by molar-refractivity contribution is 6.01. The Morgan fingerprint density at radius 1 is 1.29 bits per heavy atom. The maximum atomic E-state index is 13.2. The number of carbonyl (C=O) groups excluding carboxylic acids is 3. The van der Waals surface area contributed by atoms with Crippen molar-refractivity contribution in [3.05, 3.63) is 30.0 Å². The molecule has 1 aliphatic rings. The number of amides is 3. The number of nitriles is 1. The lowest BCUT2D eigenvalue weighted by Crippen LogP contribution is -2.51. The molecule has 0 bridgehead atoms. The van der Waals surface area contributed by atoms with Gasteiger partial charge >= 0.3 is 0 Å². The summed E-state index contributed by atoms with van der Waals surface area (Å²) < 4.78 is 5.36. The highest BCUT2D eigenvalue weighted by Gasteiger charge is 2.39. The number of nitrogens with one attached hydrogen (secondary N) is 4. The van der Waals surface area contributed by atoms with E-state index in [-0.39, 0.29) is 29.2 Å². The SMILES string of the molecule is COc1cccc2[nH]c(C(=O)N[C@@H](CC(C)(C)C)C(=O)N[C@H](C#N)C[C@@H]3CC(C)(C)NC3=O)cc12. The molecule has 4 N–H and O–H groups in total. The average Bonchev–Trinajstić information content (AvgIpc) is 3.31. The van der Waals surface area contributed by atoms with Gasteiger partial charge in [-0.15, -0.1) is 0 Å². The fourth-order valence-electron chi connectivity index (χ4n) is 4.57. The Morgan fingerprint density at radius 3 is 2.57 bits per heavy atom. The van der Waals surface area contributed by atoms with Crippen molar-refractivity contribution in [2.24, 2.45) is 11.3 Å². The Kier molecular flexibility index (Phi) is 7.44. The van der Waals surface area contributed by atoms with E-state index in [0.717, 1.165) is 10.9 Å². The van der Waals surface area contributed by atoms with Crippen molar-refractivity contribution < 1.29 is 19.1 Å². The number of ether oxygens (including phenoxy) is 1. The number of hydrogen-bond acceptors (Lipinski definition) is 5. The highest BCUT2D eigenvalue weighted by atomic mass is 16.5. The second kappa shape index (κ2) is 9.98. The monoisotopic (exact) mass is 481 g/mol. The van der Waals surface area contributed by atoms with Crippen molar-refractivity contribution in [3.63, 3.8) is 0 Å². The zero-order valence-electron chi connectivity index (χ0n) is 21.2. The van der Waals surface area contributed by atoms with Crippen LogP contribution >= 0.6 is 0 Å². The van der Waals surface area contributed by atoms with Gasteiger partial charge in [0.15, 0.2) is 0 Å². The van der Waals surface area contributed by atoms with Crippen LogP contribution in [0.15, 0.2) is 24.3 Å². The molecule has 3 rings (SSSR count). The number of rotatable bonds is 8. The third-order valence-corrected chi connectivity index (χ3v) is 6.11. The van der Waals surface area contributed by atoms with Crippen LogP contribution in [-0.2, 0) is 9.59 Å². The van der Waals surface area contributed by atoms with Gasteiger partial charge in [0.2, 0.25) is 11.8 Å². The molecule has 0 radical (unpaired) electrons. The fraction of sp³-hybridized carbons (Fsp3) is 0.538. The Morgan fingerprint density at radius 2 is 2.00 bits per heavy atom. The summed E-state index contributed by atoms with van der Waals surface area (Å²) in [6, 6.07) is 7.55. The maximum Gasteiger partial charge on any atom is 0.268 e. The summed E-state index contributed by atoms with van der Waals surface area (Å²) in [7, 11) is 1.56. The standard InChI is InChI=1S/C26H35N5O4/c1-25(2,3)13-20(24(34)28-16(14-27)10-15-12-26(4,5)31-22(15)32)30-23(33)19-11-17-18(29-19)8-7-9-21(17)35-6/h7-9,11,15-16,20,29H,10,12-13H2,1-6H3,(H,28,34)(H,30,33)(H,31,32)/t15-,16+,20+/m1/s1. The van der Waals surface area contributed by atoms with Crippen LogP contribution in [0.5, 0.6) is 5.75 Å². The summed E-state index contributed by atoms with van der Waals surface area (Å²) >= 11 is 0. The fourth-order valence-corrected chi connectivity index (χ4v) is 4.57.